The zero-order chi connectivity index (χ0) is 15.0. The quantitative estimate of drug-likeness (QED) is 0.620. The van der Waals surface area contributed by atoms with E-state index in [9.17, 15) is 9.59 Å². The monoisotopic (exact) mass is 285 g/mol. The topological polar surface area (TPSA) is 53.1 Å². The number of ether oxygens (including phenoxy) is 1. The molecule has 0 aromatic carbocycles. The Morgan fingerprint density at radius 3 is 2.35 bits per heavy atom. The van der Waals surface area contributed by atoms with Gasteiger partial charge in [0.2, 0.25) is 11.8 Å². The molecule has 0 aliphatic carbocycles. The molecule has 1 aliphatic rings. The van der Waals surface area contributed by atoms with Gasteiger partial charge in [0, 0.05) is 53.4 Å². The summed E-state index contributed by atoms with van der Waals surface area (Å²) in [6.45, 7) is 9.39. The summed E-state index contributed by atoms with van der Waals surface area (Å²) < 4.78 is 4.98. The van der Waals surface area contributed by atoms with Gasteiger partial charge in [0.05, 0.1) is 6.54 Å². The summed E-state index contributed by atoms with van der Waals surface area (Å²) in [5, 5.41) is 0. The summed E-state index contributed by atoms with van der Waals surface area (Å²) in [7, 11) is 1.64. The molecule has 116 valence electrons. The van der Waals surface area contributed by atoms with E-state index in [0.717, 1.165) is 39.1 Å². The first-order valence-corrected chi connectivity index (χ1v) is 7.33. The van der Waals surface area contributed by atoms with Crippen molar-refractivity contribution in [3.05, 3.63) is 0 Å². The van der Waals surface area contributed by atoms with E-state index in [2.05, 4.69) is 11.8 Å². The first-order chi connectivity index (χ1) is 9.58. The highest BCUT2D eigenvalue weighted by Crippen LogP contribution is 2.03. The molecule has 20 heavy (non-hydrogen) atoms. The zero-order valence-corrected chi connectivity index (χ0v) is 12.9. The van der Waals surface area contributed by atoms with Gasteiger partial charge in [0.1, 0.15) is 0 Å². The maximum absolute atomic E-state index is 12.2. The zero-order valence-electron chi connectivity index (χ0n) is 12.9. The highest BCUT2D eigenvalue weighted by atomic mass is 16.5. The first-order valence-electron chi connectivity index (χ1n) is 7.33. The molecule has 0 aromatic rings. The lowest BCUT2D eigenvalue weighted by atomic mass is 10.3. The highest BCUT2D eigenvalue weighted by molar-refractivity contribution is 5.83. The van der Waals surface area contributed by atoms with Crippen LogP contribution in [0.15, 0.2) is 0 Å². The lowest BCUT2D eigenvalue weighted by Crippen LogP contribution is -2.51. The number of piperazine rings is 1. The predicted octanol–water partition coefficient (Wildman–Crippen LogP) is 0.0355. The van der Waals surface area contributed by atoms with Gasteiger partial charge in [0.15, 0.2) is 0 Å². The van der Waals surface area contributed by atoms with Gasteiger partial charge in [-0.25, -0.2) is 0 Å². The van der Waals surface area contributed by atoms with Gasteiger partial charge in [-0.05, 0) is 13.0 Å². The molecule has 2 amide bonds. The van der Waals surface area contributed by atoms with Crippen LogP contribution in [0.3, 0.4) is 0 Å². The van der Waals surface area contributed by atoms with Crippen molar-refractivity contribution in [1.29, 1.82) is 0 Å². The Kier molecular flexibility index (Phi) is 7.54. The fourth-order valence-electron chi connectivity index (χ4n) is 2.32. The Bertz CT molecular complexity index is 315. The minimum absolute atomic E-state index is 0.0494. The summed E-state index contributed by atoms with van der Waals surface area (Å²) in [5.74, 6) is -0.00461. The van der Waals surface area contributed by atoms with Gasteiger partial charge in [0.25, 0.3) is 0 Å². The Morgan fingerprint density at radius 1 is 1.20 bits per heavy atom. The van der Waals surface area contributed by atoms with Crippen molar-refractivity contribution >= 4 is 11.8 Å². The smallest absolute Gasteiger partial charge is 0.242 e. The van der Waals surface area contributed by atoms with E-state index < -0.39 is 0 Å². The summed E-state index contributed by atoms with van der Waals surface area (Å²) in [6.07, 6.45) is 0.757. The molecule has 0 aromatic heterocycles. The second-order valence-corrected chi connectivity index (χ2v) is 5.10. The molecule has 1 aliphatic heterocycles. The van der Waals surface area contributed by atoms with Crippen LogP contribution < -0.4 is 0 Å². The maximum Gasteiger partial charge on any atom is 0.242 e. The molecule has 0 N–H and O–H groups in total. The van der Waals surface area contributed by atoms with E-state index >= 15 is 0 Å². The SMILES string of the molecule is CCN1CCN(C(=O)CN(CCCOC)C(C)=O)CC1. The molecule has 0 atom stereocenters. The number of methoxy groups -OCH3 is 1. The number of carbonyl (C=O) groups is 2. The van der Waals surface area contributed by atoms with Gasteiger partial charge < -0.3 is 19.4 Å². The van der Waals surface area contributed by atoms with Crippen molar-refractivity contribution in [2.75, 3.05) is 59.5 Å². The normalized spacial score (nSPS) is 16.2. The fraction of sp³-hybridized carbons (Fsp3) is 0.857. The lowest BCUT2D eigenvalue weighted by molar-refractivity contribution is -0.140. The van der Waals surface area contributed by atoms with Crippen LogP contribution in [-0.4, -0.2) is 86.0 Å². The maximum atomic E-state index is 12.2. The van der Waals surface area contributed by atoms with Crippen molar-refractivity contribution in [2.45, 2.75) is 20.3 Å². The third-order valence-corrected chi connectivity index (χ3v) is 3.72. The Hall–Kier alpha value is -1.14. The fourth-order valence-corrected chi connectivity index (χ4v) is 2.32. The van der Waals surface area contributed by atoms with Gasteiger partial charge in [-0.3, -0.25) is 9.59 Å². The van der Waals surface area contributed by atoms with Gasteiger partial charge in [-0.1, -0.05) is 6.92 Å². The summed E-state index contributed by atoms with van der Waals surface area (Å²) in [6, 6.07) is 0. The average Bonchev–Trinajstić information content (AvgIpc) is 2.46. The van der Waals surface area contributed by atoms with Gasteiger partial charge >= 0.3 is 0 Å². The Balaban J connectivity index is 2.39. The lowest BCUT2D eigenvalue weighted by Gasteiger charge is -2.35. The summed E-state index contributed by atoms with van der Waals surface area (Å²) in [4.78, 5) is 29.6. The van der Waals surface area contributed by atoms with Crippen molar-refractivity contribution in [1.82, 2.24) is 14.7 Å². The third-order valence-electron chi connectivity index (χ3n) is 3.72. The molecule has 1 saturated heterocycles. The van der Waals surface area contributed by atoms with Crippen LogP contribution in [0.4, 0.5) is 0 Å². The number of hydrogen-bond acceptors (Lipinski definition) is 4. The van der Waals surface area contributed by atoms with Crippen LogP contribution in [0.5, 0.6) is 0 Å². The number of amides is 2. The standard InChI is InChI=1S/C14H27N3O3/c1-4-15-7-9-16(10-8-15)14(19)12-17(13(2)18)6-5-11-20-3/h4-12H2,1-3H3. The van der Waals surface area contributed by atoms with Crippen molar-refractivity contribution in [3.8, 4) is 0 Å². The molecular formula is C14H27N3O3. The molecule has 1 rings (SSSR count). The van der Waals surface area contributed by atoms with Gasteiger partial charge in [-0.2, -0.15) is 0 Å². The van der Waals surface area contributed by atoms with E-state index in [1.165, 1.54) is 6.92 Å². The molecule has 0 spiro atoms. The Morgan fingerprint density at radius 2 is 1.85 bits per heavy atom. The highest BCUT2D eigenvalue weighted by Gasteiger charge is 2.22. The first kappa shape index (κ1) is 16.9. The summed E-state index contributed by atoms with van der Waals surface area (Å²) in [5.41, 5.74) is 0. The van der Waals surface area contributed by atoms with E-state index in [1.807, 2.05) is 4.90 Å². The molecule has 6 heteroatoms. The molecular weight excluding hydrogens is 258 g/mol. The van der Waals surface area contributed by atoms with E-state index in [0.29, 0.717) is 13.2 Å². The second-order valence-electron chi connectivity index (χ2n) is 5.10. The predicted molar refractivity (Wildman–Crippen MR) is 77.4 cm³/mol. The van der Waals surface area contributed by atoms with Crippen LogP contribution in [0.1, 0.15) is 20.3 Å². The molecule has 6 nitrogen and oxygen atoms in total. The van der Waals surface area contributed by atoms with Crippen LogP contribution in [-0.2, 0) is 14.3 Å². The Labute approximate surface area is 121 Å². The molecule has 0 unspecified atom stereocenters. The van der Waals surface area contributed by atoms with Crippen molar-refractivity contribution < 1.29 is 14.3 Å². The molecule has 1 heterocycles. The van der Waals surface area contributed by atoms with Crippen LogP contribution in [0, 0.1) is 0 Å². The van der Waals surface area contributed by atoms with E-state index in [-0.39, 0.29) is 18.4 Å². The number of rotatable bonds is 7. The number of nitrogens with zero attached hydrogens (tertiary/aromatic N) is 3. The number of hydrogen-bond donors (Lipinski definition) is 0. The minimum atomic E-state index is -0.0540. The van der Waals surface area contributed by atoms with Crippen molar-refractivity contribution in [2.24, 2.45) is 0 Å². The van der Waals surface area contributed by atoms with Crippen molar-refractivity contribution in [3.63, 3.8) is 0 Å². The van der Waals surface area contributed by atoms with E-state index in [1.54, 1.807) is 12.0 Å². The number of carbonyl (C=O) groups excluding carboxylic acids is 2. The average molecular weight is 285 g/mol. The number of likely N-dealkylation sites (N-methyl/N-ethyl adjacent to an activating group) is 1. The molecule has 1 fully saturated rings. The van der Waals surface area contributed by atoms with Crippen LogP contribution in [0.2, 0.25) is 0 Å². The summed E-state index contributed by atoms with van der Waals surface area (Å²) >= 11 is 0. The molecule has 0 saturated carbocycles. The molecule has 0 radical (unpaired) electrons. The largest absolute Gasteiger partial charge is 0.385 e. The van der Waals surface area contributed by atoms with Gasteiger partial charge in [-0.15, -0.1) is 0 Å². The third kappa shape index (κ3) is 5.46. The van der Waals surface area contributed by atoms with E-state index in [4.69, 9.17) is 4.74 Å². The van der Waals surface area contributed by atoms with Crippen LogP contribution >= 0.6 is 0 Å². The minimum Gasteiger partial charge on any atom is -0.385 e. The molecule has 0 bridgehead atoms. The van der Waals surface area contributed by atoms with Crippen LogP contribution in [0.25, 0.3) is 0 Å². The second kappa shape index (κ2) is 8.92.